The zero-order valence-corrected chi connectivity index (χ0v) is 11.3. The van der Waals surface area contributed by atoms with E-state index in [0.717, 1.165) is 18.7 Å². The van der Waals surface area contributed by atoms with Gasteiger partial charge in [-0.05, 0) is 24.6 Å². The van der Waals surface area contributed by atoms with Gasteiger partial charge in [0.1, 0.15) is 17.7 Å². The third-order valence-corrected chi connectivity index (χ3v) is 3.58. The van der Waals surface area contributed by atoms with Crippen molar-refractivity contribution in [2.24, 2.45) is 0 Å². The SMILES string of the molecule is CCCn1cncc1C1C[C@@H](O)c2cc(F)ccc2O1. The number of rotatable bonds is 3. The summed E-state index contributed by atoms with van der Waals surface area (Å²) in [5, 5.41) is 10.2. The molecule has 0 saturated heterocycles. The predicted octanol–water partition coefficient (Wildman–Crippen LogP) is 2.99. The second-order valence-electron chi connectivity index (χ2n) is 5.05. The van der Waals surface area contributed by atoms with Crippen LogP contribution >= 0.6 is 0 Å². The topological polar surface area (TPSA) is 47.3 Å². The monoisotopic (exact) mass is 276 g/mol. The smallest absolute Gasteiger partial charge is 0.143 e. The summed E-state index contributed by atoms with van der Waals surface area (Å²) in [6.45, 7) is 2.96. The maximum Gasteiger partial charge on any atom is 0.143 e. The Hall–Kier alpha value is -1.88. The van der Waals surface area contributed by atoms with Gasteiger partial charge in [0.25, 0.3) is 0 Å². The number of imidazole rings is 1. The van der Waals surface area contributed by atoms with Gasteiger partial charge in [0.05, 0.1) is 24.3 Å². The molecule has 1 aliphatic rings. The molecular formula is C15H17FN2O2. The van der Waals surface area contributed by atoms with Crippen molar-refractivity contribution in [2.75, 3.05) is 0 Å². The third kappa shape index (κ3) is 2.29. The molecule has 1 N–H and O–H groups in total. The first-order valence-electron chi connectivity index (χ1n) is 6.83. The van der Waals surface area contributed by atoms with Crippen LogP contribution < -0.4 is 4.74 Å². The summed E-state index contributed by atoms with van der Waals surface area (Å²) in [4.78, 5) is 4.15. The molecule has 106 valence electrons. The fourth-order valence-electron chi connectivity index (χ4n) is 2.63. The van der Waals surface area contributed by atoms with Crippen molar-refractivity contribution in [2.45, 2.75) is 38.5 Å². The average Bonchev–Trinajstić information content (AvgIpc) is 2.88. The largest absolute Gasteiger partial charge is 0.484 e. The molecule has 1 aliphatic heterocycles. The first-order valence-corrected chi connectivity index (χ1v) is 6.83. The number of aliphatic hydroxyl groups excluding tert-OH is 1. The summed E-state index contributed by atoms with van der Waals surface area (Å²) >= 11 is 0. The number of fused-ring (bicyclic) bond motifs is 1. The van der Waals surface area contributed by atoms with Gasteiger partial charge >= 0.3 is 0 Å². The fraction of sp³-hybridized carbons (Fsp3) is 0.400. The van der Waals surface area contributed by atoms with E-state index in [0.29, 0.717) is 17.7 Å². The Kier molecular flexibility index (Phi) is 3.44. The van der Waals surface area contributed by atoms with Crippen molar-refractivity contribution in [3.05, 3.63) is 47.8 Å². The van der Waals surface area contributed by atoms with Crippen molar-refractivity contribution in [1.29, 1.82) is 0 Å². The summed E-state index contributed by atoms with van der Waals surface area (Å²) < 4.78 is 21.2. The van der Waals surface area contributed by atoms with Gasteiger partial charge in [-0.2, -0.15) is 0 Å². The van der Waals surface area contributed by atoms with E-state index in [4.69, 9.17) is 4.74 Å². The highest BCUT2D eigenvalue weighted by Crippen LogP contribution is 2.40. The fourth-order valence-corrected chi connectivity index (χ4v) is 2.63. The summed E-state index contributed by atoms with van der Waals surface area (Å²) in [6, 6.07) is 4.25. The van der Waals surface area contributed by atoms with Gasteiger partial charge in [-0.1, -0.05) is 6.92 Å². The molecule has 0 fully saturated rings. The number of nitrogens with zero attached hydrogens (tertiary/aromatic N) is 2. The highest BCUT2D eigenvalue weighted by atomic mass is 19.1. The van der Waals surface area contributed by atoms with Crippen LogP contribution in [0.1, 0.15) is 43.2 Å². The first kappa shape index (κ1) is 13.1. The van der Waals surface area contributed by atoms with Crippen LogP contribution in [0.3, 0.4) is 0 Å². The predicted molar refractivity (Wildman–Crippen MR) is 71.9 cm³/mol. The van der Waals surface area contributed by atoms with E-state index in [1.807, 2.05) is 4.57 Å². The minimum Gasteiger partial charge on any atom is -0.484 e. The van der Waals surface area contributed by atoms with Gasteiger partial charge < -0.3 is 14.4 Å². The van der Waals surface area contributed by atoms with Gasteiger partial charge in [-0.25, -0.2) is 9.37 Å². The van der Waals surface area contributed by atoms with Gasteiger partial charge in [0.15, 0.2) is 0 Å². The van der Waals surface area contributed by atoms with Crippen LogP contribution in [0.15, 0.2) is 30.7 Å². The summed E-state index contributed by atoms with van der Waals surface area (Å²) in [6.07, 6.45) is 3.98. The molecule has 2 aromatic rings. The minimum atomic E-state index is -0.718. The van der Waals surface area contributed by atoms with Crippen molar-refractivity contribution in [3.8, 4) is 5.75 Å². The molecule has 1 unspecified atom stereocenters. The molecule has 0 aliphatic carbocycles. The maximum absolute atomic E-state index is 13.2. The van der Waals surface area contributed by atoms with Crippen LogP contribution in [0, 0.1) is 5.82 Å². The highest BCUT2D eigenvalue weighted by Gasteiger charge is 2.30. The molecule has 3 rings (SSSR count). The van der Waals surface area contributed by atoms with Gasteiger partial charge in [-0.3, -0.25) is 0 Å². The Bertz CT molecular complexity index is 612. The van der Waals surface area contributed by atoms with E-state index in [2.05, 4.69) is 11.9 Å². The lowest BCUT2D eigenvalue weighted by Gasteiger charge is -2.30. The van der Waals surface area contributed by atoms with E-state index in [1.54, 1.807) is 18.6 Å². The molecule has 0 radical (unpaired) electrons. The molecule has 0 saturated carbocycles. The summed E-state index contributed by atoms with van der Waals surface area (Å²) in [7, 11) is 0. The van der Waals surface area contributed by atoms with E-state index in [1.165, 1.54) is 12.1 Å². The lowest BCUT2D eigenvalue weighted by Crippen LogP contribution is -2.21. The number of aryl methyl sites for hydroxylation is 1. The highest BCUT2D eigenvalue weighted by molar-refractivity contribution is 5.38. The molecule has 2 heterocycles. The molecule has 1 aromatic carbocycles. The molecule has 4 nitrogen and oxygen atoms in total. The molecule has 0 spiro atoms. The summed E-state index contributed by atoms with van der Waals surface area (Å²) in [5.74, 6) is 0.181. The average molecular weight is 276 g/mol. The molecule has 1 aromatic heterocycles. The number of hydrogen-bond donors (Lipinski definition) is 1. The Morgan fingerprint density at radius 3 is 3.15 bits per heavy atom. The number of halogens is 1. The quantitative estimate of drug-likeness (QED) is 0.937. The van der Waals surface area contributed by atoms with Gasteiger partial charge in [0.2, 0.25) is 0 Å². The van der Waals surface area contributed by atoms with Crippen LogP contribution in [0.5, 0.6) is 5.75 Å². The second-order valence-corrected chi connectivity index (χ2v) is 5.05. The van der Waals surface area contributed by atoms with Crippen molar-refractivity contribution < 1.29 is 14.2 Å². The Morgan fingerprint density at radius 2 is 2.35 bits per heavy atom. The zero-order valence-electron chi connectivity index (χ0n) is 11.3. The zero-order chi connectivity index (χ0) is 14.1. The van der Waals surface area contributed by atoms with Crippen molar-refractivity contribution >= 4 is 0 Å². The van der Waals surface area contributed by atoms with E-state index < -0.39 is 6.10 Å². The van der Waals surface area contributed by atoms with Crippen LogP contribution in [-0.4, -0.2) is 14.7 Å². The summed E-state index contributed by atoms with van der Waals surface area (Å²) in [5.41, 5.74) is 1.46. The lowest BCUT2D eigenvalue weighted by atomic mass is 9.97. The lowest BCUT2D eigenvalue weighted by molar-refractivity contribution is 0.0614. The van der Waals surface area contributed by atoms with E-state index >= 15 is 0 Å². The number of hydrogen-bond acceptors (Lipinski definition) is 3. The van der Waals surface area contributed by atoms with Crippen molar-refractivity contribution in [1.82, 2.24) is 9.55 Å². The van der Waals surface area contributed by atoms with Crippen LogP contribution in [0.25, 0.3) is 0 Å². The third-order valence-electron chi connectivity index (χ3n) is 3.58. The van der Waals surface area contributed by atoms with Gasteiger partial charge in [-0.15, -0.1) is 0 Å². The number of ether oxygens (including phenoxy) is 1. The van der Waals surface area contributed by atoms with Gasteiger partial charge in [0, 0.05) is 18.5 Å². The Labute approximate surface area is 116 Å². The molecule has 20 heavy (non-hydrogen) atoms. The molecule has 2 atom stereocenters. The number of aliphatic hydroxyl groups is 1. The standard InChI is InChI=1S/C15H17FN2O2/c1-2-5-18-9-17-8-12(18)15-7-13(19)11-6-10(16)3-4-14(11)20-15/h3-4,6,8-9,13,15,19H,2,5,7H2,1H3/t13-,15?/m1/s1. The number of benzene rings is 1. The van der Waals surface area contributed by atoms with Crippen LogP contribution in [-0.2, 0) is 6.54 Å². The molecule has 0 amide bonds. The maximum atomic E-state index is 13.2. The van der Waals surface area contributed by atoms with Crippen LogP contribution in [0.4, 0.5) is 4.39 Å². The molecule has 5 heteroatoms. The second kappa shape index (κ2) is 5.25. The first-order chi connectivity index (χ1) is 9.69. The van der Waals surface area contributed by atoms with Crippen molar-refractivity contribution in [3.63, 3.8) is 0 Å². The number of aromatic nitrogens is 2. The van der Waals surface area contributed by atoms with E-state index in [-0.39, 0.29) is 11.9 Å². The molecular weight excluding hydrogens is 259 g/mol. The Balaban J connectivity index is 1.91. The minimum absolute atomic E-state index is 0.253. The molecule has 0 bridgehead atoms. The van der Waals surface area contributed by atoms with E-state index in [9.17, 15) is 9.50 Å². The Morgan fingerprint density at radius 1 is 1.50 bits per heavy atom. The van der Waals surface area contributed by atoms with Crippen LogP contribution in [0.2, 0.25) is 0 Å². The normalized spacial score (nSPS) is 21.4.